The number of nitrogens with zero attached hydrogens (tertiary/aromatic N) is 1. The van der Waals surface area contributed by atoms with Gasteiger partial charge in [-0.15, -0.1) is 0 Å². The number of aliphatic hydroxyl groups is 1. The second-order valence-electron chi connectivity index (χ2n) is 4.96. The Morgan fingerprint density at radius 2 is 2.10 bits per heavy atom. The van der Waals surface area contributed by atoms with E-state index >= 15 is 0 Å². The predicted octanol–water partition coefficient (Wildman–Crippen LogP) is -0.223. The van der Waals surface area contributed by atoms with Crippen molar-refractivity contribution in [2.75, 3.05) is 12.3 Å². The molecule has 2 rings (SSSR count). The SMILES string of the molecule is Cc1cc(N)cc(C(=O)N2CC(O)CC2C(N)=O)c1F. The van der Waals surface area contributed by atoms with Gasteiger partial charge in [0, 0.05) is 18.7 Å². The Morgan fingerprint density at radius 3 is 2.70 bits per heavy atom. The average molecular weight is 281 g/mol. The van der Waals surface area contributed by atoms with Gasteiger partial charge in [0.25, 0.3) is 5.91 Å². The van der Waals surface area contributed by atoms with Crippen LogP contribution in [-0.2, 0) is 4.79 Å². The minimum absolute atomic E-state index is 0.0558. The third kappa shape index (κ3) is 2.44. The van der Waals surface area contributed by atoms with Crippen LogP contribution in [-0.4, -0.2) is 40.5 Å². The first kappa shape index (κ1) is 14.3. The second kappa shape index (κ2) is 5.09. The van der Waals surface area contributed by atoms with Crippen LogP contribution < -0.4 is 11.5 Å². The van der Waals surface area contributed by atoms with E-state index < -0.39 is 29.8 Å². The van der Waals surface area contributed by atoms with Gasteiger partial charge in [0.1, 0.15) is 11.9 Å². The summed E-state index contributed by atoms with van der Waals surface area (Å²) in [6.07, 6.45) is -0.786. The first-order valence-electron chi connectivity index (χ1n) is 6.15. The van der Waals surface area contributed by atoms with Gasteiger partial charge in [0.05, 0.1) is 11.7 Å². The fourth-order valence-electron chi connectivity index (χ4n) is 2.42. The Kier molecular flexibility index (Phi) is 3.63. The van der Waals surface area contributed by atoms with E-state index in [1.54, 1.807) is 0 Å². The van der Waals surface area contributed by atoms with Crippen LogP contribution >= 0.6 is 0 Å². The van der Waals surface area contributed by atoms with Gasteiger partial charge in [0.15, 0.2) is 0 Å². The normalized spacial score (nSPS) is 22.1. The number of hydrogen-bond acceptors (Lipinski definition) is 4. The predicted molar refractivity (Wildman–Crippen MR) is 70.2 cm³/mol. The van der Waals surface area contributed by atoms with Crippen molar-refractivity contribution in [3.8, 4) is 0 Å². The number of benzene rings is 1. The van der Waals surface area contributed by atoms with Crippen LogP contribution in [0.1, 0.15) is 22.3 Å². The topological polar surface area (TPSA) is 110 Å². The van der Waals surface area contributed by atoms with E-state index in [2.05, 4.69) is 0 Å². The van der Waals surface area contributed by atoms with Crippen LogP contribution in [0, 0.1) is 12.7 Å². The van der Waals surface area contributed by atoms with Crippen molar-refractivity contribution in [3.05, 3.63) is 29.1 Å². The minimum Gasteiger partial charge on any atom is -0.399 e. The molecule has 1 aliphatic rings. The number of carbonyl (C=O) groups excluding carboxylic acids is 2. The Morgan fingerprint density at radius 1 is 1.45 bits per heavy atom. The highest BCUT2D eigenvalue weighted by atomic mass is 19.1. The van der Waals surface area contributed by atoms with Gasteiger partial charge in [0.2, 0.25) is 5.91 Å². The molecule has 2 atom stereocenters. The second-order valence-corrected chi connectivity index (χ2v) is 4.96. The highest BCUT2D eigenvalue weighted by molar-refractivity contribution is 5.98. The van der Waals surface area contributed by atoms with Crippen LogP contribution in [0.15, 0.2) is 12.1 Å². The zero-order valence-electron chi connectivity index (χ0n) is 11.0. The van der Waals surface area contributed by atoms with E-state index in [1.165, 1.54) is 19.1 Å². The standard InChI is InChI=1S/C13H16FN3O3/c1-6-2-7(15)3-9(11(6)14)13(20)17-5-8(18)4-10(17)12(16)19/h2-3,8,10,18H,4-5,15H2,1H3,(H2,16,19). The third-order valence-electron chi connectivity index (χ3n) is 3.38. The van der Waals surface area contributed by atoms with Gasteiger partial charge in [-0.3, -0.25) is 9.59 Å². The number of carbonyl (C=O) groups is 2. The molecule has 1 aliphatic heterocycles. The van der Waals surface area contributed by atoms with E-state index in [0.29, 0.717) is 0 Å². The molecule has 5 N–H and O–H groups in total. The van der Waals surface area contributed by atoms with E-state index in [9.17, 15) is 19.1 Å². The Hall–Kier alpha value is -2.15. The summed E-state index contributed by atoms with van der Waals surface area (Å²) in [5.74, 6) is -2.11. The molecule has 1 fully saturated rings. The summed E-state index contributed by atoms with van der Waals surface area (Å²) >= 11 is 0. The quantitative estimate of drug-likeness (QED) is 0.651. The Bertz CT molecular complexity index is 576. The summed E-state index contributed by atoms with van der Waals surface area (Å²) in [5.41, 5.74) is 11.1. The van der Waals surface area contributed by atoms with Crippen LogP contribution in [0.25, 0.3) is 0 Å². The third-order valence-corrected chi connectivity index (χ3v) is 3.38. The molecule has 1 aromatic carbocycles. The molecule has 20 heavy (non-hydrogen) atoms. The molecular formula is C13H16FN3O3. The Labute approximate surface area is 115 Å². The van der Waals surface area contributed by atoms with Gasteiger partial charge < -0.3 is 21.5 Å². The number of aliphatic hydroxyl groups excluding tert-OH is 1. The molecule has 0 radical (unpaired) electrons. The lowest BCUT2D eigenvalue weighted by molar-refractivity contribution is -0.121. The summed E-state index contributed by atoms with van der Waals surface area (Å²) in [5, 5.41) is 9.57. The molecule has 2 amide bonds. The van der Waals surface area contributed by atoms with Crippen LogP contribution in [0.2, 0.25) is 0 Å². The van der Waals surface area contributed by atoms with Crippen molar-refractivity contribution in [1.82, 2.24) is 4.90 Å². The molecule has 0 aromatic heterocycles. The van der Waals surface area contributed by atoms with Crippen molar-refractivity contribution in [1.29, 1.82) is 0 Å². The number of nitrogens with two attached hydrogens (primary N) is 2. The zero-order valence-corrected chi connectivity index (χ0v) is 11.0. The van der Waals surface area contributed by atoms with Crippen LogP contribution in [0.4, 0.5) is 10.1 Å². The number of halogens is 1. The lowest BCUT2D eigenvalue weighted by atomic mass is 10.1. The number of nitrogen functional groups attached to an aromatic ring is 1. The van der Waals surface area contributed by atoms with Crippen molar-refractivity contribution in [3.63, 3.8) is 0 Å². The van der Waals surface area contributed by atoms with Crippen molar-refractivity contribution < 1.29 is 19.1 Å². The first-order valence-corrected chi connectivity index (χ1v) is 6.15. The zero-order chi connectivity index (χ0) is 15.0. The maximum atomic E-state index is 14.0. The van der Waals surface area contributed by atoms with Crippen molar-refractivity contribution in [2.45, 2.75) is 25.5 Å². The van der Waals surface area contributed by atoms with E-state index in [1.807, 2.05) is 0 Å². The molecule has 0 saturated carbocycles. The summed E-state index contributed by atoms with van der Waals surface area (Å²) in [4.78, 5) is 24.7. The molecule has 7 heteroatoms. The van der Waals surface area contributed by atoms with Gasteiger partial charge in [-0.2, -0.15) is 0 Å². The van der Waals surface area contributed by atoms with E-state index in [-0.39, 0.29) is 29.8 Å². The van der Waals surface area contributed by atoms with Gasteiger partial charge in [-0.05, 0) is 24.6 Å². The maximum Gasteiger partial charge on any atom is 0.257 e. The molecule has 1 aromatic rings. The smallest absolute Gasteiger partial charge is 0.257 e. The highest BCUT2D eigenvalue weighted by Crippen LogP contribution is 2.24. The number of primary amides is 1. The fourth-order valence-corrected chi connectivity index (χ4v) is 2.42. The summed E-state index contributed by atoms with van der Waals surface area (Å²) in [7, 11) is 0. The van der Waals surface area contributed by atoms with Gasteiger partial charge in [-0.1, -0.05) is 0 Å². The van der Waals surface area contributed by atoms with Crippen LogP contribution in [0.5, 0.6) is 0 Å². The van der Waals surface area contributed by atoms with E-state index in [4.69, 9.17) is 11.5 Å². The molecule has 1 heterocycles. The Balaban J connectivity index is 2.38. The maximum absolute atomic E-state index is 14.0. The summed E-state index contributed by atoms with van der Waals surface area (Å²) in [6.45, 7) is 1.44. The lowest BCUT2D eigenvalue weighted by Crippen LogP contribution is -2.44. The van der Waals surface area contributed by atoms with Crippen LogP contribution in [0.3, 0.4) is 0 Å². The largest absolute Gasteiger partial charge is 0.399 e. The minimum atomic E-state index is -0.932. The van der Waals surface area contributed by atoms with Gasteiger partial charge in [-0.25, -0.2) is 4.39 Å². The number of aryl methyl sites for hydroxylation is 1. The summed E-state index contributed by atoms with van der Waals surface area (Å²) < 4.78 is 14.0. The summed E-state index contributed by atoms with van der Waals surface area (Å²) in [6, 6.07) is 1.70. The molecular weight excluding hydrogens is 265 g/mol. The molecule has 2 unspecified atom stereocenters. The number of amides is 2. The molecule has 1 saturated heterocycles. The van der Waals surface area contributed by atoms with Crippen molar-refractivity contribution >= 4 is 17.5 Å². The molecule has 6 nitrogen and oxygen atoms in total. The number of rotatable bonds is 2. The van der Waals surface area contributed by atoms with Gasteiger partial charge >= 0.3 is 0 Å². The first-order chi connectivity index (χ1) is 9.31. The number of hydrogen-bond donors (Lipinski definition) is 3. The highest BCUT2D eigenvalue weighted by Gasteiger charge is 2.39. The van der Waals surface area contributed by atoms with E-state index in [0.717, 1.165) is 4.90 Å². The number of likely N-dealkylation sites (tertiary alicyclic amines) is 1. The molecule has 0 spiro atoms. The lowest BCUT2D eigenvalue weighted by Gasteiger charge is -2.22. The average Bonchev–Trinajstić information content (AvgIpc) is 2.75. The number of β-amino-alcohol motifs (C(OH)–C–C–N with tert-alkyl or cyclic N) is 1. The number of anilines is 1. The molecule has 0 aliphatic carbocycles. The molecule has 0 bridgehead atoms. The molecule has 108 valence electrons. The monoisotopic (exact) mass is 281 g/mol. The van der Waals surface area contributed by atoms with Crippen molar-refractivity contribution in [2.24, 2.45) is 5.73 Å². The fraction of sp³-hybridized carbons (Fsp3) is 0.385.